The Hall–Kier alpha value is -1.93. The summed E-state index contributed by atoms with van der Waals surface area (Å²) in [5, 5.41) is 8.82. The summed E-state index contributed by atoms with van der Waals surface area (Å²) < 4.78 is 73.6. The van der Waals surface area contributed by atoms with Crippen molar-refractivity contribution in [3.63, 3.8) is 0 Å². The zero-order valence-electron chi connectivity index (χ0n) is 9.94. The maximum atomic E-state index is 12.4. The van der Waals surface area contributed by atoms with E-state index in [1.54, 1.807) is 0 Å². The van der Waals surface area contributed by atoms with Crippen LogP contribution in [-0.4, -0.2) is 24.1 Å². The summed E-state index contributed by atoms with van der Waals surface area (Å²) >= 11 is 0. The first-order valence-corrected chi connectivity index (χ1v) is 5.32. The average molecular weight is 299 g/mol. The Balaban J connectivity index is 2.71. The van der Waals surface area contributed by atoms with Crippen molar-refractivity contribution < 1.29 is 26.3 Å². The molecule has 0 bridgehead atoms. The normalized spacial score (nSPS) is 20.4. The van der Waals surface area contributed by atoms with E-state index in [2.05, 4.69) is 5.32 Å². The van der Waals surface area contributed by atoms with Gasteiger partial charge in [-0.2, -0.15) is 26.3 Å². The maximum absolute atomic E-state index is 12.4. The van der Waals surface area contributed by atoms with Gasteiger partial charge < -0.3 is 11.1 Å². The van der Waals surface area contributed by atoms with E-state index in [0.717, 1.165) is 12.2 Å². The molecule has 0 aliphatic carbocycles. The van der Waals surface area contributed by atoms with Crippen LogP contribution in [0.5, 0.6) is 0 Å². The van der Waals surface area contributed by atoms with Crippen molar-refractivity contribution in [2.45, 2.75) is 24.8 Å². The average Bonchev–Trinajstić information content (AvgIpc) is 2.26. The van der Waals surface area contributed by atoms with Crippen LogP contribution in [0.1, 0.15) is 6.42 Å². The quantitative estimate of drug-likeness (QED) is 0.554. The fraction of sp³-hybridized carbons (Fsp3) is 0.364. The molecule has 0 aromatic carbocycles. The highest BCUT2D eigenvalue weighted by Gasteiger charge is 2.39. The zero-order valence-corrected chi connectivity index (χ0v) is 9.94. The molecule has 0 saturated carbocycles. The molecule has 112 valence electrons. The first-order chi connectivity index (χ1) is 9.00. The Kier molecular flexibility index (Phi) is 4.51. The standard InChI is InChI=1S/C11H11F6N3/c12-10(13,14)8(19)5-6(18)4-7-2-1-3-9(20-7)11(15,16)17/h1-3,5,9,19-20H,4,18H2/b6-5-,19-8?. The Labute approximate surface area is 110 Å². The molecule has 1 heterocycles. The van der Waals surface area contributed by atoms with Crippen LogP contribution in [-0.2, 0) is 0 Å². The molecule has 0 aromatic rings. The fourth-order valence-electron chi connectivity index (χ4n) is 1.42. The van der Waals surface area contributed by atoms with Crippen LogP contribution in [0, 0.1) is 5.41 Å². The van der Waals surface area contributed by atoms with Crippen molar-refractivity contribution in [1.29, 1.82) is 5.41 Å². The van der Waals surface area contributed by atoms with Crippen LogP contribution in [0.15, 0.2) is 35.7 Å². The van der Waals surface area contributed by atoms with Crippen LogP contribution in [0.2, 0.25) is 0 Å². The van der Waals surface area contributed by atoms with Gasteiger partial charge in [0.2, 0.25) is 0 Å². The molecule has 0 fully saturated rings. The molecule has 0 amide bonds. The van der Waals surface area contributed by atoms with E-state index in [1.165, 1.54) is 6.08 Å². The zero-order chi connectivity index (χ0) is 15.6. The number of halogens is 6. The predicted molar refractivity (Wildman–Crippen MR) is 60.9 cm³/mol. The molecule has 4 N–H and O–H groups in total. The molecule has 1 atom stereocenters. The maximum Gasteiger partial charge on any atom is 0.432 e. The minimum Gasteiger partial charge on any atom is -0.402 e. The molecule has 20 heavy (non-hydrogen) atoms. The third kappa shape index (κ3) is 4.63. The Morgan fingerprint density at radius 3 is 2.40 bits per heavy atom. The van der Waals surface area contributed by atoms with Crippen molar-refractivity contribution >= 4 is 5.71 Å². The van der Waals surface area contributed by atoms with E-state index in [4.69, 9.17) is 11.1 Å². The number of dihydropyridines is 1. The van der Waals surface area contributed by atoms with Crippen molar-refractivity contribution in [1.82, 2.24) is 5.32 Å². The number of nitrogens with one attached hydrogen (secondary N) is 2. The monoisotopic (exact) mass is 299 g/mol. The number of rotatable bonds is 3. The lowest BCUT2D eigenvalue weighted by Crippen LogP contribution is -2.41. The summed E-state index contributed by atoms with van der Waals surface area (Å²) in [6.07, 6.45) is -6.01. The lowest BCUT2D eigenvalue weighted by Gasteiger charge is -2.24. The molecule has 3 nitrogen and oxygen atoms in total. The SMILES string of the molecule is N=C(/C=C(\N)CC1=CC=CC(C(F)(F)F)N1)C(F)(F)F. The predicted octanol–water partition coefficient (Wildman–Crippen LogP) is 2.78. The van der Waals surface area contributed by atoms with Crippen LogP contribution >= 0.6 is 0 Å². The first-order valence-electron chi connectivity index (χ1n) is 5.32. The minimum absolute atomic E-state index is 0.0264. The summed E-state index contributed by atoms with van der Waals surface area (Å²) in [4.78, 5) is 0. The second kappa shape index (κ2) is 5.59. The van der Waals surface area contributed by atoms with E-state index in [-0.39, 0.29) is 17.8 Å². The van der Waals surface area contributed by atoms with Crippen molar-refractivity contribution in [2.24, 2.45) is 5.73 Å². The molecule has 1 aliphatic heterocycles. The number of allylic oxidation sites excluding steroid dienone is 3. The molecule has 9 heteroatoms. The topological polar surface area (TPSA) is 61.9 Å². The van der Waals surface area contributed by atoms with Gasteiger partial charge in [-0.15, -0.1) is 0 Å². The molecule has 0 saturated heterocycles. The molecular weight excluding hydrogens is 288 g/mol. The highest BCUT2D eigenvalue weighted by Crippen LogP contribution is 2.25. The first kappa shape index (κ1) is 16.1. The highest BCUT2D eigenvalue weighted by atomic mass is 19.4. The van der Waals surface area contributed by atoms with Crippen LogP contribution in [0.4, 0.5) is 26.3 Å². The van der Waals surface area contributed by atoms with Gasteiger partial charge >= 0.3 is 12.4 Å². The van der Waals surface area contributed by atoms with Gasteiger partial charge in [0.15, 0.2) is 0 Å². The van der Waals surface area contributed by atoms with Gasteiger partial charge in [0.05, 0.1) is 0 Å². The number of hydrogen-bond donors (Lipinski definition) is 3. The van der Waals surface area contributed by atoms with Crippen LogP contribution in [0.25, 0.3) is 0 Å². The third-order valence-corrected chi connectivity index (χ3v) is 2.32. The second-order valence-electron chi connectivity index (χ2n) is 4.05. The van der Waals surface area contributed by atoms with Crippen LogP contribution in [0.3, 0.4) is 0 Å². The van der Waals surface area contributed by atoms with Crippen molar-refractivity contribution in [3.05, 3.63) is 35.7 Å². The van der Waals surface area contributed by atoms with E-state index in [1.807, 2.05) is 0 Å². The second-order valence-corrected chi connectivity index (χ2v) is 4.05. The van der Waals surface area contributed by atoms with Gasteiger partial charge in [0.25, 0.3) is 0 Å². The van der Waals surface area contributed by atoms with Gasteiger partial charge in [-0.25, -0.2) is 0 Å². The van der Waals surface area contributed by atoms with E-state index >= 15 is 0 Å². The van der Waals surface area contributed by atoms with E-state index in [9.17, 15) is 26.3 Å². The number of alkyl halides is 6. The van der Waals surface area contributed by atoms with Gasteiger partial charge in [-0.1, -0.05) is 12.2 Å². The minimum atomic E-state index is -4.84. The highest BCUT2D eigenvalue weighted by molar-refractivity contribution is 5.97. The van der Waals surface area contributed by atoms with Gasteiger partial charge in [0, 0.05) is 17.8 Å². The molecule has 0 radical (unpaired) electrons. The van der Waals surface area contributed by atoms with Crippen LogP contribution < -0.4 is 11.1 Å². The van der Waals surface area contributed by atoms with Gasteiger partial charge in [-0.3, -0.25) is 5.41 Å². The number of nitrogens with two attached hydrogens (primary N) is 1. The molecule has 1 unspecified atom stereocenters. The molecular formula is C11H11F6N3. The largest absolute Gasteiger partial charge is 0.432 e. The summed E-state index contributed by atoms with van der Waals surface area (Å²) in [5.74, 6) is 0. The summed E-state index contributed by atoms with van der Waals surface area (Å²) in [7, 11) is 0. The van der Waals surface area contributed by atoms with E-state index < -0.39 is 24.1 Å². The Morgan fingerprint density at radius 1 is 1.30 bits per heavy atom. The lowest BCUT2D eigenvalue weighted by molar-refractivity contribution is -0.143. The molecule has 0 aromatic heterocycles. The fourth-order valence-corrected chi connectivity index (χ4v) is 1.42. The van der Waals surface area contributed by atoms with Crippen molar-refractivity contribution in [3.8, 4) is 0 Å². The number of hydrogen-bond acceptors (Lipinski definition) is 3. The van der Waals surface area contributed by atoms with Crippen molar-refractivity contribution in [2.75, 3.05) is 0 Å². The van der Waals surface area contributed by atoms with Gasteiger partial charge in [0.1, 0.15) is 11.8 Å². The Bertz CT molecular complexity index is 470. The molecule has 0 spiro atoms. The van der Waals surface area contributed by atoms with Gasteiger partial charge in [-0.05, 0) is 12.2 Å². The lowest BCUT2D eigenvalue weighted by atomic mass is 10.1. The van der Waals surface area contributed by atoms with E-state index in [0.29, 0.717) is 6.08 Å². The summed E-state index contributed by atoms with van der Waals surface area (Å²) in [6.45, 7) is 0. The summed E-state index contributed by atoms with van der Waals surface area (Å²) in [5.41, 5.74) is 3.30. The molecule has 1 rings (SSSR count). The molecule has 1 aliphatic rings. The Morgan fingerprint density at radius 2 is 1.90 bits per heavy atom. The third-order valence-electron chi connectivity index (χ3n) is 2.32. The smallest absolute Gasteiger partial charge is 0.402 e. The summed E-state index contributed by atoms with van der Waals surface area (Å²) in [6, 6.07) is -1.91.